The molecule has 0 aliphatic heterocycles. The van der Waals surface area contributed by atoms with E-state index in [1.165, 1.54) is 0 Å². The zero-order chi connectivity index (χ0) is 16.5. The Hall–Kier alpha value is -2.49. The molecule has 4 heteroatoms. The van der Waals surface area contributed by atoms with Gasteiger partial charge in [-0.3, -0.25) is 4.79 Å². The van der Waals surface area contributed by atoms with Crippen LogP contribution >= 0.6 is 0 Å². The second-order valence-electron chi connectivity index (χ2n) is 5.16. The second-order valence-corrected chi connectivity index (χ2v) is 5.16. The Kier molecular flexibility index (Phi) is 6.48. The summed E-state index contributed by atoms with van der Waals surface area (Å²) in [6.45, 7) is 2.55. The van der Waals surface area contributed by atoms with E-state index < -0.39 is 0 Å². The molecule has 0 fully saturated rings. The molecule has 122 valence electrons. The van der Waals surface area contributed by atoms with Crippen LogP contribution in [0, 0.1) is 0 Å². The van der Waals surface area contributed by atoms with Crippen LogP contribution in [0.1, 0.15) is 25.3 Å². The van der Waals surface area contributed by atoms with Gasteiger partial charge in [0, 0.05) is 12.1 Å². The highest BCUT2D eigenvalue weighted by atomic mass is 16.5. The fourth-order valence-electron chi connectivity index (χ4n) is 2.32. The third-order valence-electron chi connectivity index (χ3n) is 3.55. The van der Waals surface area contributed by atoms with Crippen LogP contribution in [0.5, 0.6) is 11.5 Å². The predicted molar refractivity (Wildman–Crippen MR) is 92.2 cm³/mol. The Labute approximate surface area is 137 Å². The molecular weight excluding hydrogens is 290 g/mol. The van der Waals surface area contributed by atoms with Crippen LogP contribution in [0.15, 0.2) is 48.5 Å². The quantitative estimate of drug-likeness (QED) is 0.748. The van der Waals surface area contributed by atoms with Crippen LogP contribution in [-0.4, -0.2) is 19.6 Å². The van der Waals surface area contributed by atoms with Crippen molar-refractivity contribution in [1.82, 2.24) is 0 Å². The molecule has 0 aromatic heterocycles. The summed E-state index contributed by atoms with van der Waals surface area (Å²) in [4.78, 5) is 12.0. The van der Waals surface area contributed by atoms with Crippen molar-refractivity contribution in [2.24, 2.45) is 0 Å². The number of carbonyl (C=O) groups excluding carboxylic acids is 1. The third kappa shape index (κ3) is 5.02. The second kappa shape index (κ2) is 8.83. The van der Waals surface area contributed by atoms with Gasteiger partial charge in [0.05, 0.1) is 13.7 Å². The summed E-state index contributed by atoms with van der Waals surface area (Å²) in [5, 5.41) is 2.96. The van der Waals surface area contributed by atoms with E-state index in [1.807, 2.05) is 48.5 Å². The fraction of sp³-hybridized carbons (Fsp3) is 0.316. The van der Waals surface area contributed by atoms with Gasteiger partial charge >= 0.3 is 0 Å². The summed E-state index contributed by atoms with van der Waals surface area (Å²) in [7, 11) is 1.61. The van der Waals surface area contributed by atoms with Crippen molar-refractivity contribution in [3.05, 3.63) is 54.1 Å². The molecule has 0 saturated carbocycles. The van der Waals surface area contributed by atoms with E-state index in [9.17, 15) is 4.79 Å². The number of rotatable bonds is 8. The lowest BCUT2D eigenvalue weighted by atomic mass is 10.1. The van der Waals surface area contributed by atoms with Gasteiger partial charge in [0.25, 0.3) is 0 Å². The van der Waals surface area contributed by atoms with Gasteiger partial charge in [-0.25, -0.2) is 0 Å². The number of methoxy groups -OCH3 is 1. The molecule has 0 spiro atoms. The monoisotopic (exact) mass is 313 g/mol. The molecule has 0 aliphatic rings. The lowest BCUT2D eigenvalue weighted by molar-refractivity contribution is -0.116. The maximum absolute atomic E-state index is 12.0. The summed E-state index contributed by atoms with van der Waals surface area (Å²) in [5.74, 6) is 1.41. The molecule has 0 aliphatic carbocycles. The zero-order valence-electron chi connectivity index (χ0n) is 13.7. The normalized spacial score (nSPS) is 10.2. The molecule has 0 unspecified atom stereocenters. The van der Waals surface area contributed by atoms with Crippen molar-refractivity contribution in [2.75, 3.05) is 19.0 Å². The van der Waals surface area contributed by atoms with Crippen LogP contribution in [0.3, 0.4) is 0 Å². The van der Waals surface area contributed by atoms with Crippen molar-refractivity contribution in [2.45, 2.75) is 26.2 Å². The molecule has 4 nitrogen and oxygen atoms in total. The average Bonchev–Trinajstić information content (AvgIpc) is 2.59. The van der Waals surface area contributed by atoms with Gasteiger partial charge in [0.1, 0.15) is 0 Å². The molecule has 0 atom stereocenters. The van der Waals surface area contributed by atoms with E-state index in [0.717, 1.165) is 17.7 Å². The molecule has 0 heterocycles. The summed E-state index contributed by atoms with van der Waals surface area (Å²) in [6, 6.07) is 15.4. The Morgan fingerprint density at radius 2 is 1.74 bits per heavy atom. The third-order valence-corrected chi connectivity index (χ3v) is 3.55. The van der Waals surface area contributed by atoms with E-state index in [0.29, 0.717) is 30.9 Å². The van der Waals surface area contributed by atoms with Gasteiger partial charge in [0.15, 0.2) is 11.5 Å². The minimum atomic E-state index is 0.00882. The molecule has 0 saturated heterocycles. The molecule has 23 heavy (non-hydrogen) atoms. The standard InChI is InChI=1S/C19H23NO3/c1-3-15-9-4-5-10-16(15)20-19(21)13-8-14-23-18-12-7-6-11-17(18)22-2/h4-7,9-12H,3,8,13-14H2,1-2H3,(H,20,21). The highest BCUT2D eigenvalue weighted by Gasteiger charge is 2.06. The largest absolute Gasteiger partial charge is 0.493 e. The zero-order valence-corrected chi connectivity index (χ0v) is 13.7. The van der Waals surface area contributed by atoms with Gasteiger partial charge in [-0.05, 0) is 36.6 Å². The van der Waals surface area contributed by atoms with E-state index in [2.05, 4.69) is 12.2 Å². The van der Waals surface area contributed by atoms with Crippen LogP contribution in [0.2, 0.25) is 0 Å². The highest BCUT2D eigenvalue weighted by Crippen LogP contribution is 2.25. The van der Waals surface area contributed by atoms with Gasteiger partial charge in [-0.15, -0.1) is 0 Å². The first-order valence-electron chi connectivity index (χ1n) is 7.88. The summed E-state index contributed by atoms with van der Waals surface area (Å²) >= 11 is 0. The van der Waals surface area contributed by atoms with Crippen LogP contribution in [-0.2, 0) is 11.2 Å². The van der Waals surface area contributed by atoms with Gasteiger partial charge < -0.3 is 14.8 Å². The summed E-state index contributed by atoms with van der Waals surface area (Å²) < 4.78 is 10.9. The predicted octanol–water partition coefficient (Wildman–Crippen LogP) is 4.06. The molecule has 1 N–H and O–H groups in total. The van der Waals surface area contributed by atoms with E-state index in [-0.39, 0.29) is 5.91 Å². The average molecular weight is 313 g/mol. The molecule has 2 rings (SSSR count). The number of carbonyl (C=O) groups is 1. The Morgan fingerprint density at radius 1 is 1.04 bits per heavy atom. The molecule has 1 amide bonds. The minimum Gasteiger partial charge on any atom is -0.493 e. The van der Waals surface area contributed by atoms with Gasteiger partial charge in [0.2, 0.25) is 5.91 Å². The maximum Gasteiger partial charge on any atom is 0.224 e. The first-order chi connectivity index (χ1) is 11.2. The molecular formula is C19H23NO3. The SMILES string of the molecule is CCc1ccccc1NC(=O)CCCOc1ccccc1OC. The van der Waals surface area contributed by atoms with Gasteiger partial charge in [-0.2, -0.15) is 0 Å². The molecule has 0 radical (unpaired) electrons. The number of nitrogens with one attached hydrogen (secondary N) is 1. The van der Waals surface area contributed by atoms with Crippen molar-refractivity contribution in [3.63, 3.8) is 0 Å². The van der Waals surface area contributed by atoms with Crippen molar-refractivity contribution in [3.8, 4) is 11.5 Å². The van der Waals surface area contributed by atoms with E-state index >= 15 is 0 Å². The Morgan fingerprint density at radius 3 is 2.48 bits per heavy atom. The minimum absolute atomic E-state index is 0.00882. The lowest BCUT2D eigenvalue weighted by Crippen LogP contribution is -2.14. The van der Waals surface area contributed by atoms with Crippen LogP contribution in [0.25, 0.3) is 0 Å². The van der Waals surface area contributed by atoms with E-state index in [4.69, 9.17) is 9.47 Å². The summed E-state index contributed by atoms with van der Waals surface area (Å²) in [5.41, 5.74) is 2.04. The number of ether oxygens (including phenoxy) is 2. The van der Waals surface area contributed by atoms with Gasteiger partial charge in [-0.1, -0.05) is 37.3 Å². The first-order valence-corrected chi connectivity index (χ1v) is 7.88. The Balaban J connectivity index is 1.77. The molecule has 2 aromatic carbocycles. The maximum atomic E-state index is 12.0. The Bertz CT molecular complexity index is 640. The first kappa shape index (κ1) is 16.9. The summed E-state index contributed by atoms with van der Waals surface area (Å²) in [6.07, 6.45) is 1.97. The van der Waals surface area contributed by atoms with Crippen molar-refractivity contribution in [1.29, 1.82) is 0 Å². The highest BCUT2D eigenvalue weighted by molar-refractivity contribution is 5.91. The number of benzene rings is 2. The molecule has 2 aromatic rings. The fourth-order valence-corrected chi connectivity index (χ4v) is 2.32. The van der Waals surface area contributed by atoms with E-state index in [1.54, 1.807) is 7.11 Å². The van der Waals surface area contributed by atoms with Crippen molar-refractivity contribution < 1.29 is 14.3 Å². The van der Waals surface area contributed by atoms with Crippen LogP contribution in [0.4, 0.5) is 5.69 Å². The number of amides is 1. The van der Waals surface area contributed by atoms with Crippen LogP contribution < -0.4 is 14.8 Å². The number of anilines is 1. The number of aryl methyl sites for hydroxylation is 1. The number of hydrogen-bond acceptors (Lipinski definition) is 3. The van der Waals surface area contributed by atoms with Crippen molar-refractivity contribution >= 4 is 11.6 Å². The number of hydrogen-bond donors (Lipinski definition) is 1. The number of para-hydroxylation sites is 3. The smallest absolute Gasteiger partial charge is 0.224 e. The lowest BCUT2D eigenvalue weighted by Gasteiger charge is -2.11. The topological polar surface area (TPSA) is 47.6 Å². The molecule has 0 bridgehead atoms.